The van der Waals surface area contributed by atoms with E-state index < -0.39 is 11.5 Å². The van der Waals surface area contributed by atoms with Crippen LogP contribution in [0.15, 0.2) is 0 Å². The van der Waals surface area contributed by atoms with E-state index in [4.69, 9.17) is 10.8 Å². The second kappa shape index (κ2) is 4.93. The highest BCUT2D eigenvalue weighted by molar-refractivity contribution is 7.13. The number of aromatic nitrogens is 1. The van der Waals surface area contributed by atoms with E-state index in [9.17, 15) is 4.79 Å². The van der Waals surface area contributed by atoms with Gasteiger partial charge in [-0.3, -0.25) is 0 Å². The Morgan fingerprint density at radius 2 is 2.19 bits per heavy atom. The maximum atomic E-state index is 11.1. The minimum atomic E-state index is -0.904. The number of hydrogen-bond donors (Lipinski definition) is 2. The lowest BCUT2D eigenvalue weighted by molar-refractivity contribution is 0.0700. The zero-order valence-electron chi connectivity index (χ0n) is 9.91. The average Bonchev–Trinajstić information content (AvgIpc) is 2.63. The Hall–Kier alpha value is -0.940. The van der Waals surface area contributed by atoms with Gasteiger partial charge in [0, 0.05) is 0 Å². The Balaban J connectivity index is 3.15. The normalized spacial score (nSPS) is 14.8. The van der Waals surface area contributed by atoms with Gasteiger partial charge in [-0.15, -0.1) is 11.3 Å². The third kappa shape index (κ3) is 2.59. The number of nitrogens with zero attached hydrogens (tertiary/aromatic N) is 1. The number of aromatic carboxylic acids is 1. The zero-order valence-corrected chi connectivity index (χ0v) is 10.7. The molecule has 0 fully saturated rings. The average molecular weight is 242 g/mol. The summed E-state index contributed by atoms with van der Waals surface area (Å²) in [4.78, 5) is 15.8. The van der Waals surface area contributed by atoms with Gasteiger partial charge in [-0.25, -0.2) is 9.78 Å². The fourth-order valence-corrected chi connectivity index (χ4v) is 2.40. The molecule has 0 radical (unpaired) electrons. The van der Waals surface area contributed by atoms with Gasteiger partial charge in [0.2, 0.25) is 0 Å². The lowest BCUT2D eigenvalue weighted by atomic mass is 10.0. The van der Waals surface area contributed by atoms with Crippen LogP contribution in [0.25, 0.3) is 0 Å². The fourth-order valence-electron chi connectivity index (χ4n) is 1.32. The summed E-state index contributed by atoms with van der Waals surface area (Å²) in [5.74, 6) is -0.904. The monoisotopic (exact) mass is 242 g/mol. The Morgan fingerprint density at radius 3 is 2.62 bits per heavy atom. The number of thiazole rings is 1. The molecule has 0 bridgehead atoms. The first-order valence-electron chi connectivity index (χ1n) is 5.44. The van der Waals surface area contributed by atoms with E-state index in [0.29, 0.717) is 17.0 Å². The van der Waals surface area contributed by atoms with Gasteiger partial charge in [-0.2, -0.15) is 0 Å². The van der Waals surface area contributed by atoms with E-state index in [1.165, 1.54) is 11.3 Å². The topological polar surface area (TPSA) is 76.2 Å². The molecule has 0 aliphatic heterocycles. The van der Waals surface area contributed by atoms with Crippen molar-refractivity contribution in [2.45, 2.75) is 45.6 Å². The van der Waals surface area contributed by atoms with Crippen LogP contribution >= 0.6 is 11.3 Å². The van der Waals surface area contributed by atoms with Crippen molar-refractivity contribution in [2.75, 3.05) is 0 Å². The van der Waals surface area contributed by atoms with Gasteiger partial charge in [0.1, 0.15) is 9.88 Å². The molecule has 1 aromatic rings. The number of rotatable bonds is 5. The second-order valence-electron chi connectivity index (χ2n) is 4.12. The lowest BCUT2D eigenvalue weighted by Gasteiger charge is -2.18. The van der Waals surface area contributed by atoms with Crippen LogP contribution in [0.3, 0.4) is 0 Å². The molecule has 1 unspecified atom stereocenters. The molecule has 0 amide bonds. The molecule has 3 N–H and O–H groups in total. The van der Waals surface area contributed by atoms with Crippen molar-refractivity contribution in [1.29, 1.82) is 0 Å². The molecule has 0 aliphatic rings. The van der Waals surface area contributed by atoms with Crippen LogP contribution in [0, 0.1) is 0 Å². The number of carboxylic acid groups (broad SMARTS) is 1. The lowest BCUT2D eigenvalue weighted by Crippen LogP contribution is -2.31. The molecule has 1 atom stereocenters. The van der Waals surface area contributed by atoms with Crippen molar-refractivity contribution in [1.82, 2.24) is 4.98 Å². The first kappa shape index (κ1) is 13.1. The summed E-state index contributed by atoms with van der Waals surface area (Å²) in [6.07, 6.45) is 2.32. The van der Waals surface area contributed by atoms with E-state index in [-0.39, 0.29) is 0 Å². The molecule has 5 heteroatoms. The second-order valence-corrected chi connectivity index (χ2v) is 5.12. The number of nitrogens with two attached hydrogens (primary N) is 1. The van der Waals surface area contributed by atoms with Gasteiger partial charge >= 0.3 is 5.97 Å². The molecule has 1 aromatic heterocycles. The summed E-state index contributed by atoms with van der Waals surface area (Å²) in [5.41, 5.74) is 6.21. The summed E-state index contributed by atoms with van der Waals surface area (Å²) < 4.78 is 0. The first-order valence-corrected chi connectivity index (χ1v) is 6.26. The van der Waals surface area contributed by atoms with Crippen molar-refractivity contribution in [3.63, 3.8) is 0 Å². The van der Waals surface area contributed by atoms with Gasteiger partial charge in [0.15, 0.2) is 0 Å². The number of aryl methyl sites for hydroxylation is 1. The van der Waals surface area contributed by atoms with Crippen LogP contribution in [0.2, 0.25) is 0 Å². The fraction of sp³-hybridized carbons (Fsp3) is 0.636. The number of hydrogen-bond acceptors (Lipinski definition) is 4. The van der Waals surface area contributed by atoms with Crippen LogP contribution in [0.4, 0.5) is 0 Å². The molecule has 0 saturated heterocycles. The number of carbonyl (C=O) groups is 1. The van der Waals surface area contributed by atoms with E-state index in [2.05, 4.69) is 4.98 Å². The molecular weight excluding hydrogens is 224 g/mol. The quantitative estimate of drug-likeness (QED) is 0.831. The molecule has 90 valence electrons. The van der Waals surface area contributed by atoms with E-state index in [0.717, 1.165) is 17.8 Å². The van der Waals surface area contributed by atoms with Crippen LogP contribution in [0.1, 0.15) is 54.0 Å². The minimum absolute atomic E-state index is 0.335. The maximum Gasteiger partial charge on any atom is 0.347 e. The van der Waals surface area contributed by atoms with E-state index >= 15 is 0 Å². The summed E-state index contributed by atoms with van der Waals surface area (Å²) in [7, 11) is 0. The van der Waals surface area contributed by atoms with Crippen molar-refractivity contribution >= 4 is 17.3 Å². The third-order valence-electron chi connectivity index (χ3n) is 2.60. The molecule has 0 aromatic carbocycles. The van der Waals surface area contributed by atoms with Gasteiger partial charge in [-0.1, -0.05) is 20.3 Å². The van der Waals surface area contributed by atoms with Gasteiger partial charge < -0.3 is 10.8 Å². The van der Waals surface area contributed by atoms with Crippen molar-refractivity contribution in [2.24, 2.45) is 5.73 Å². The smallest absolute Gasteiger partial charge is 0.347 e. The van der Waals surface area contributed by atoms with Gasteiger partial charge in [-0.05, 0) is 19.8 Å². The largest absolute Gasteiger partial charge is 0.477 e. The van der Waals surface area contributed by atoms with Crippen LogP contribution in [-0.4, -0.2) is 16.1 Å². The van der Waals surface area contributed by atoms with Gasteiger partial charge in [0.25, 0.3) is 0 Å². The molecule has 16 heavy (non-hydrogen) atoms. The van der Waals surface area contributed by atoms with E-state index in [1.54, 1.807) is 0 Å². The van der Waals surface area contributed by atoms with Crippen LogP contribution in [-0.2, 0) is 12.0 Å². The van der Waals surface area contributed by atoms with Crippen molar-refractivity contribution in [3.05, 3.63) is 15.6 Å². The van der Waals surface area contributed by atoms with Crippen LogP contribution < -0.4 is 5.73 Å². The highest BCUT2D eigenvalue weighted by Gasteiger charge is 2.26. The van der Waals surface area contributed by atoms with Crippen molar-refractivity contribution < 1.29 is 9.90 Å². The predicted octanol–water partition coefficient (Wildman–Crippen LogP) is 2.38. The molecule has 1 rings (SSSR count). The standard InChI is InChI=1S/C11H18N2O2S/c1-4-6-7-8(9(14)15)16-10(13-7)11(3,12)5-2/h4-6,12H2,1-3H3,(H,14,15). The summed E-state index contributed by atoms with van der Waals surface area (Å²) in [6.45, 7) is 5.86. The predicted molar refractivity (Wildman–Crippen MR) is 64.9 cm³/mol. The molecule has 4 nitrogen and oxygen atoms in total. The summed E-state index contributed by atoms with van der Waals surface area (Å²) >= 11 is 1.20. The number of carboxylic acids is 1. The Morgan fingerprint density at radius 1 is 1.56 bits per heavy atom. The Kier molecular flexibility index (Phi) is 4.04. The highest BCUT2D eigenvalue weighted by Crippen LogP contribution is 2.29. The van der Waals surface area contributed by atoms with Crippen LogP contribution in [0.5, 0.6) is 0 Å². The van der Waals surface area contributed by atoms with E-state index in [1.807, 2.05) is 20.8 Å². The molecule has 0 saturated carbocycles. The summed E-state index contributed by atoms with van der Waals surface area (Å²) in [5, 5.41) is 9.79. The third-order valence-corrected chi connectivity index (χ3v) is 3.97. The minimum Gasteiger partial charge on any atom is -0.477 e. The summed E-state index contributed by atoms with van der Waals surface area (Å²) in [6, 6.07) is 0. The highest BCUT2D eigenvalue weighted by atomic mass is 32.1. The van der Waals surface area contributed by atoms with Crippen molar-refractivity contribution in [3.8, 4) is 0 Å². The maximum absolute atomic E-state index is 11.1. The Labute approximate surface area is 99.5 Å². The van der Waals surface area contributed by atoms with Gasteiger partial charge in [0.05, 0.1) is 11.2 Å². The SMILES string of the molecule is CCCc1nc(C(C)(N)CC)sc1C(=O)O. The molecule has 0 aliphatic carbocycles. The molecule has 1 heterocycles. The molecule has 0 spiro atoms. The Bertz CT molecular complexity index is 385. The first-order chi connectivity index (χ1) is 7.42. The molecular formula is C11H18N2O2S. The zero-order chi connectivity index (χ0) is 12.3.